The van der Waals surface area contributed by atoms with Gasteiger partial charge in [-0.1, -0.05) is 82.3 Å². The number of H-pyrrole nitrogens is 2. The Bertz CT molecular complexity index is 2020. The largest absolute Gasteiger partial charge is 0.465 e. The molecule has 5 heterocycles. The van der Waals surface area contributed by atoms with Gasteiger partial charge in [-0.2, -0.15) is 0 Å². The Morgan fingerprint density at radius 2 is 1.40 bits per heavy atom. The maximum absolute atomic E-state index is 14.2. The Labute approximate surface area is 322 Å². The van der Waals surface area contributed by atoms with Crippen molar-refractivity contribution in [2.75, 3.05) is 32.7 Å². The second-order valence-electron chi connectivity index (χ2n) is 14.9. The third-order valence-corrected chi connectivity index (χ3v) is 11.2. The number of hydrogen-bond donors (Lipinski definition) is 4. The molecule has 0 bridgehead atoms. The van der Waals surface area contributed by atoms with Gasteiger partial charge in [0.25, 0.3) is 0 Å². The van der Waals surface area contributed by atoms with E-state index in [4.69, 9.17) is 9.97 Å². The quantitative estimate of drug-likeness (QED) is 0.0931. The smallest absolute Gasteiger partial charge is 0.404 e. The number of aromatic nitrogens is 6. The van der Waals surface area contributed by atoms with Gasteiger partial charge in [0.2, 0.25) is 5.91 Å². The molecule has 55 heavy (non-hydrogen) atoms. The molecule has 5 aromatic rings. The number of carboxylic acid groups (broad SMARTS) is 1. The minimum absolute atomic E-state index is 0.0967. The second kappa shape index (κ2) is 17.0. The normalized spacial score (nSPS) is 18.6. The first-order valence-corrected chi connectivity index (χ1v) is 19.6. The summed E-state index contributed by atoms with van der Waals surface area (Å²) in [5, 5.41) is 12.0. The van der Waals surface area contributed by atoms with Crippen LogP contribution in [0.4, 0.5) is 4.79 Å². The van der Waals surface area contributed by atoms with Crippen LogP contribution in [0.25, 0.3) is 33.9 Å². The van der Waals surface area contributed by atoms with Crippen molar-refractivity contribution in [2.24, 2.45) is 5.92 Å². The molecule has 288 valence electrons. The van der Waals surface area contributed by atoms with E-state index in [1.54, 1.807) is 0 Å². The summed E-state index contributed by atoms with van der Waals surface area (Å²) in [4.78, 5) is 58.0. The molecule has 0 aliphatic carbocycles. The first-order chi connectivity index (χ1) is 26.7. The van der Waals surface area contributed by atoms with E-state index in [1.165, 1.54) is 0 Å². The minimum atomic E-state index is -0.994. The number of amides is 2. The van der Waals surface area contributed by atoms with Crippen LogP contribution in [0.5, 0.6) is 0 Å². The van der Waals surface area contributed by atoms with Gasteiger partial charge in [-0.15, -0.1) is 0 Å². The fourth-order valence-corrected chi connectivity index (χ4v) is 8.11. The average Bonchev–Trinajstić information content (AvgIpc) is 4.04. The van der Waals surface area contributed by atoms with E-state index in [1.807, 2.05) is 86.0 Å². The number of benzene rings is 2. The number of imidazole rings is 2. The molecule has 2 aliphatic rings. The van der Waals surface area contributed by atoms with Gasteiger partial charge in [0.05, 0.1) is 35.9 Å². The molecule has 13 heteroatoms. The van der Waals surface area contributed by atoms with Crippen molar-refractivity contribution in [3.8, 4) is 33.9 Å². The third-order valence-electron chi connectivity index (χ3n) is 11.2. The second-order valence-corrected chi connectivity index (χ2v) is 14.9. The summed E-state index contributed by atoms with van der Waals surface area (Å²) in [7, 11) is 0. The Morgan fingerprint density at radius 3 is 2.04 bits per heavy atom. The summed E-state index contributed by atoms with van der Waals surface area (Å²) in [6, 6.07) is 17.7. The Morgan fingerprint density at radius 1 is 0.800 bits per heavy atom. The van der Waals surface area contributed by atoms with Crippen molar-refractivity contribution < 1.29 is 14.7 Å². The van der Waals surface area contributed by atoms with Crippen LogP contribution in [-0.4, -0.2) is 100 Å². The van der Waals surface area contributed by atoms with Crippen molar-refractivity contribution in [3.63, 3.8) is 0 Å². The maximum Gasteiger partial charge on any atom is 0.404 e. The highest BCUT2D eigenvalue weighted by atomic mass is 16.4. The number of likely N-dealkylation sites (N-methyl/N-ethyl adjacent to an activating group) is 1. The van der Waals surface area contributed by atoms with E-state index in [-0.39, 0.29) is 36.0 Å². The summed E-state index contributed by atoms with van der Waals surface area (Å²) in [6.07, 6.45) is 10.1. The van der Waals surface area contributed by atoms with Crippen LogP contribution in [0, 0.1) is 5.92 Å². The minimum Gasteiger partial charge on any atom is -0.465 e. The first-order valence-electron chi connectivity index (χ1n) is 19.6. The van der Waals surface area contributed by atoms with Gasteiger partial charge in [0, 0.05) is 42.7 Å². The van der Waals surface area contributed by atoms with E-state index in [2.05, 4.69) is 61.0 Å². The van der Waals surface area contributed by atoms with Crippen molar-refractivity contribution in [2.45, 2.75) is 77.5 Å². The van der Waals surface area contributed by atoms with Crippen molar-refractivity contribution in [1.82, 2.24) is 49.9 Å². The van der Waals surface area contributed by atoms with Gasteiger partial charge < -0.3 is 25.3 Å². The number of likely N-dealkylation sites (tertiary alicyclic amines) is 2. The molecule has 0 saturated carbocycles. The molecule has 2 saturated heterocycles. The topological polar surface area (TPSA) is 159 Å². The van der Waals surface area contributed by atoms with E-state index in [0.29, 0.717) is 18.9 Å². The van der Waals surface area contributed by atoms with Crippen LogP contribution >= 0.6 is 0 Å². The van der Waals surface area contributed by atoms with Crippen LogP contribution in [0.1, 0.15) is 88.7 Å². The highest BCUT2D eigenvalue weighted by Crippen LogP contribution is 2.36. The fraction of sp³-hybridized carbons (Fsp3) is 0.429. The molecule has 2 aromatic carbocycles. The van der Waals surface area contributed by atoms with Crippen LogP contribution < -0.4 is 5.32 Å². The fourth-order valence-electron chi connectivity index (χ4n) is 8.11. The lowest BCUT2D eigenvalue weighted by atomic mass is 10.0. The monoisotopic (exact) mass is 744 g/mol. The van der Waals surface area contributed by atoms with Crippen LogP contribution in [0.15, 0.2) is 79.4 Å². The van der Waals surface area contributed by atoms with E-state index >= 15 is 0 Å². The lowest BCUT2D eigenvalue weighted by Crippen LogP contribution is -2.46. The van der Waals surface area contributed by atoms with Gasteiger partial charge in [-0.05, 0) is 62.4 Å². The van der Waals surface area contributed by atoms with Gasteiger partial charge in [0.15, 0.2) is 5.82 Å². The summed E-state index contributed by atoms with van der Waals surface area (Å²) >= 11 is 0. The van der Waals surface area contributed by atoms with Crippen LogP contribution in [0.3, 0.4) is 0 Å². The molecule has 2 fully saturated rings. The van der Waals surface area contributed by atoms with Crippen LogP contribution in [-0.2, 0) is 4.79 Å². The molecule has 4 N–H and O–H groups in total. The predicted octanol–water partition coefficient (Wildman–Crippen LogP) is 7.10. The molecule has 7 rings (SSSR count). The molecule has 2 amide bonds. The molecule has 3 aromatic heterocycles. The summed E-state index contributed by atoms with van der Waals surface area (Å²) < 4.78 is 0. The summed E-state index contributed by atoms with van der Waals surface area (Å²) in [5.74, 6) is 2.61. The molecule has 0 unspecified atom stereocenters. The Balaban J connectivity index is 1.01. The van der Waals surface area contributed by atoms with Crippen molar-refractivity contribution in [3.05, 3.63) is 96.6 Å². The van der Waals surface area contributed by atoms with Crippen LogP contribution in [0.2, 0.25) is 0 Å². The third kappa shape index (κ3) is 8.32. The summed E-state index contributed by atoms with van der Waals surface area (Å²) in [5.41, 5.74) is 5.49. The SMILES string of the molecule is CCN(CC)[C@@H](C(=O)N1CCC[C@H]1c1ncc(-c2ccc(-c3ncc(-c4cnc([C@@H]5CCCN5C[C@@H](NC(=O)O)C(C)C)[nH]4)cn3)cc2)[nH]1)c1ccccc1. The van der Waals surface area contributed by atoms with Gasteiger partial charge in [-0.25, -0.2) is 24.7 Å². The zero-order valence-corrected chi connectivity index (χ0v) is 32.2. The summed E-state index contributed by atoms with van der Waals surface area (Å²) in [6.45, 7) is 12.1. The Hall–Kier alpha value is -5.40. The van der Waals surface area contributed by atoms with Crippen molar-refractivity contribution >= 4 is 12.0 Å². The first kappa shape index (κ1) is 37.9. The highest BCUT2D eigenvalue weighted by Gasteiger charge is 2.38. The number of carbonyl (C=O) groups is 2. The maximum atomic E-state index is 14.2. The highest BCUT2D eigenvalue weighted by molar-refractivity contribution is 5.84. The molecule has 0 radical (unpaired) electrons. The van der Waals surface area contributed by atoms with E-state index in [0.717, 1.165) is 90.6 Å². The molecule has 0 spiro atoms. The van der Waals surface area contributed by atoms with Crippen molar-refractivity contribution in [1.29, 1.82) is 0 Å². The number of nitrogens with zero attached hydrogens (tertiary/aromatic N) is 7. The Kier molecular flexibility index (Phi) is 11.7. The zero-order valence-electron chi connectivity index (χ0n) is 32.2. The van der Waals surface area contributed by atoms with E-state index in [9.17, 15) is 14.7 Å². The zero-order chi connectivity index (χ0) is 38.5. The number of carbonyl (C=O) groups excluding carboxylic acids is 1. The van der Waals surface area contributed by atoms with Gasteiger partial charge in [-0.3, -0.25) is 14.6 Å². The number of nitrogens with one attached hydrogen (secondary N) is 3. The van der Waals surface area contributed by atoms with Gasteiger partial charge >= 0.3 is 6.09 Å². The number of hydrogen-bond acceptors (Lipinski definition) is 8. The standard InChI is InChI=1S/C42H52N10O3/c1-5-50(6-2)37(29-12-8-7-9-13-29)41(53)52-21-11-15-36(52)40-46-24-32(47-40)28-16-18-30(19-17-28)38-43-22-31(23-44-38)33-25-45-39(48-33)35-14-10-20-51(35)26-34(27(3)4)49-42(54)55/h7-9,12-13,16-19,22-25,27,34-37,49H,5-6,10-11,14-15,20-21,26H2,1-4H3,(H,45,48)(H,46,47)(H,54,55)/t34-,35+,36+,37-/m1/s1. The average molecular weight is 745 g/mol. The molecular weight excluding hydrogens is 693 g/mol. The molecule has 4 atom stereocenters. The van der Waals surface area contributed by atoms with E-state index < -0.39 is 6.09 Å². The predicted molar refractivity (Wildman–Crippen MR) is 212 cm³/mol. The molecular formula is C42H52N10O3. The lowest BCUT2D eigenvalue weighted by molar-refractivity contribution is -0.138. The number of aromatic amines is 2. The molecule has 13 nitrogen and oxygen atoms in total. The molecule has 2 aliphatic heterocycles. The van der Waals surface area contributed by atoms with Gasteiger partial charge in [0.1, 0.15) is 17.7 Å². The number of rotatable bonds is 14. The lowest BCUT2D eigenvalue weighted by Gasteiger charge is -2.34.